The molecule has 4 rings (SSSR count). The van der Waals surface area contributed by atoms with E-state index in [4.69, 9.17) is 0 Å². The lowest BCUT2D eigenvalue weighted by Gasteiger charge is -2.24. The minimum atomic E-state index is -4.40. The van der Waals surface area contributed by atoms with Gasteiger partial charge in [0.15, 0.2) is 0 Å². The van der Waals surface area contributed by atoms with Crippen LogP contribution in [0.15, 0.2) is 36.5 Å². The molecule has 0 amide bonds. The summed E-state index contributed by atoms with van der Waals surface area (Å²) in [5.74, 6) is 0.435. The van der Waals surface area contributed by atoms with Crippen LogP contribution in [0, 0.1) is 0 Å². The Kier molecular flexibility index (Phi) is 5.15. The summed E-state index contributed by atoms with van der Waals surface area (Å²) in [5.41, 5.74) is 5.35. The van der Waals surface area contributed by atoms with Gasteiger partial charge in [0.2, 0.25) is 0 Å². The number of rotatable bonds is 4. The molecule has 0 radical (unpaired) electrons. The molecule has 0 saturated heterocycles. The van der Waals surface area contributed by atoms with Crippen LogP contribution in [-0.4, -0.2) is 28.0 Å². The molecule has 154 valence electrons. The van der Waals surface area contributed by atoms with Crippen LogP contribution in [0.1, 0.15) is 47.8 Å². The summed E-state index contributed by atoms with van der Waals surface area (Å²) >= 11 is 0. The molecule has 1 aliphatic rings. The smallest absolute Gasteiger partial charge is 0.344 e. The van der Waals surface area contributed by atoms with Crippen molar-refractivity contribution in [1.82, 2.24) is 14.5 Å². The lowest BCUT2D eigenvalue weighted by molar-refractivity contribution is -0.141. The van der Waals surface area contributed by atoms with Crippen LogP contribution < -0.4 is 0 Å². The minimum absolute atomic E-state index is 0.435. The van der Waals surface area contributed by atoms with Gasteiger partial charge in [-0.15, -0.1) is 0 Å². The van der Waals surface area contributed by atoms with E-state index in [1.54, 1.807) is 6.07 Å². The number of nitrogens with zero attached hydrogens (tertiary/aromatic N) is 3. The second-order valence-corrected chi connectivity index (χ2v) is 8.26. The number of benzene rings is 1. The number of aryl methyl sites for hydroxylation is 2. The maximum absolute atomic E-state index is 12.8. The molecule has 0 saturated carbocycles. The van der Waals surface area contributed by atoms with Gasteiger partial charge in [0.25, 0.3) is 0 Å². The van der Waals surface area contributed by atoms with Crippen molar-refractivity contribution in [3.8, 4) is 0 Å². The molecule has 0 spiro atoms. The van der Waals surface area contributed by atoms with E-state index in [-0.39, 0.29) is 0 Å². The van der Waals surface area contributed by atoms with Gasteiger partial charge in [-0.25, -0.2) is 0 Å². The van der Waals surface area contributed by atoms with Crippen molar-refractivity contribution in [3.63, 3.8) is 0 Å². The Balaban J connectivity index is 1.70. The monoisotopic (exact) mass is 401 g/mol. The highest BCUT2D eigenvalue weighted by molar-refractivity contribution is 5.89. The van der Waals surface area contributed by atoms with Crippen molar-refractivity contribution >= 4 is 10.9 Å². The average molecular weight is 401 g/mol. The van der Waals surface area contributed by atoms with Crippen LogP contribution in [0.4, 0.5) is 13.2 Å². The van der Waals surface area contributed by atoms with Gasteiger partial charge >= 0.3 is 6.18 Å². The molecule has 0 atom stereocenters. The van der Waals surface area contributed by atoms with E-state index in [0.29, 0.717) is 12.3 Å². The van der Waals surface area contributed by atoms with Crippen molar-refractivity contribution in [2.75, 3.05) is 13.6 Å². The number of halogens is 3. The summed E-state index contributed by atoms with van der Waals surface area (Å²) in [6, 6.07) is 9.12. The van der Waals surface area contributed by atoms with Gasteiger partial charge in [0, 0.05) is 48.8 Å². The third kappa shape index (κ3) is 3.78. The lowest BCUT2D eigenvalue weighted by Crippen LogP contribution is -2.27. The number of alkyl halides is 3. The van der Waals surface area contributed by atoms with E-state index in [0.717, 1.165) is 37.7 Å². The predicted octanol–water partition coefficient (Wildman–Crippen LogP) is 5.41. The number of pyridine rings is 1. The molecular formula is C23H26F3N3. The van der Waals surface area contributed by atoms with E-state index in [1.807, 2.05) is 0 Å². The summed E-state index contributed by atoms with van der Waals surface area (Å²) in [6.45, 7) is 7.13. The Morgan fingerprint density at radius 3 is 2.59 bits per heavy atom. The van der Waals surface area contributed by atoms with Gasteiger partial charge < -0.3 is 9.47 Å². The SMILES string of the molecule is CC(C)c1cccc2c1c1c(n2CCc2ccc(C(F)(F)F)nc2)CCN(C)C1. The second-order valence-electron chi connectivity index (χ2n) is 8.26. The molecule has 0 N–H and O–H groups in total. The summed E-state index contributed by atoms with van der Waals surface area (Å²) in [6.07, 6.45) is -1.39. The molecule has 3 nitrogen and oxygen atoms in total. The Hall–Kier alpha value is -2.34. The van der Waals surface area contributed by atoms with Gasteiger partial charge in [0.05, 0.1) is 0 Å². The zero-order valence-corrected chi connectivity index (χ0v) is 17.1. The van der Waals surface area contributed by atoms with Crippen molar-refractivity contribution in [2.24, 2.45) is 0 Å². The molecule has 6 heteroatoms. The number of aromatic nitrogens is 2. The topological polar surface area (TPSA) is 21.1 Å². The Morgan fingerprint density at radius 1 is 1.14 bits per heavy atom. The van der Waals surface area contributed by atoms with E-state index in [9.17, 15) is 13.2 Å². The molecule has 2 aromatic heterocycles. The molecule has 29 heavy (non-hydrogen) atoms. The largest absolute Gasteiger partial charge is 0.433 e. The van der Waals surface area contributed by atoms with Crippen LogP contribution in [0.2, 0.25) is 0 Å². The first-order valence-corrected chi connectivity index (χ1v) is 10.1. The van der Waals surface area contributed by atoms with Gasteiger partial charge in [-0.3, -0.25) is 4.98 Å². The first-order chi connectivity index (χ1) is 13.8. The molecule has 3 heterocycles. The van der Waals surface area contributed by atoms with Gasteiger partial charge in [-0.2, -0.15) is 13.2 Å². The molecule has 0 fully saturated rings. The van der Waals surface area contributed by atoms with E-state index < -0.39 is 11.9 Å². The normalized spacial score (nSPS) is 15.3. The Labute approximate surface area is 169 Å². The summed E-state index contributed by atoms with van der Waals surface area (Å²) in [5, 5.41) is 1.36. The molecule has 0 aliphatic carbocycles. The van der Waals surface area contributed by atoms with Crippen LogP contribution in [0.5, 0.6) is 0 Å². The van der Waals surface area contributed by atoms with Gasteiger partial charge in [-0.1, -0.05) is 32.0 Å². The van der Waals surface area contributed by atoms with Crippen molar-refractivity contribution in [2.45, 2.75) is 51.9 Å². The zero-order chi connectivity index (χ0) is 20.8. The fourth-order valence-electron chi connectivity index (χ4n) is 4.38. The van der Waals surface area contributed by atoms with Crippen LogP contribution in [0.25, 0.3) is 10.9 Å². The van der Waals surface area contributed by atoms with Crippen molar-refractivity contribution in [3.05, 3.63) is 64.6 Å². The highest BCUT2D eigenvalue weighted by atomic mass is 19.4. The highest BCUT2D eigenvalue weighted by Crippen LogP contribution is 2.36. The maximum Gasteiger partial charge on any atom is 0.433 e. The number of hydrogen-bond donors (Lipinski definition) is 0. The quantitative estimate of drug-likeness (QED) is 0.583. The average Bonchev–Trinajstić information content (AvgIpc) is 2.99. The van der Waals surface area contributed by atoms with Gasteiger partial charge in [-0.05, 0) is 48.2 Å². The van der Waals surface area contributed by atoms with Crippen molar-refractivity contribution < 1.29 is 13.2 Å². The number of hydrogen-bond acceptors (Lipinski definition) is 2. The lowest BCUT2D eigenvalue weighted by atomic mass is 9.95. The fourth-order valence-corrected chi connectivity index (χ4v) is 4.38. The third-order valence-corrected chi connectivity index (χ3v) is 5.86. The molecule has 0 unspecified atom stereocenters. The second kappa shape index (κ2) is 7.48. The Bertz CT molecular complexity index is 1020. The highest BCUT2D eigenvalue weighted by Gasteiger charge is 2.32. The first-order valence-electron chi connectivity index (χ1n) is 10.1. The Morgan fingerprint density at radius 2 is 1.93 bits per heavy atom. The zero-order valence-electron chi connectivity index (χ0n) is 17.1. The molecule has 3 aromatic rings. The standard InChI is InChI=1S/C23H26F3N3/c1-15(2)17-5-4-6-20-22(17)18-14-28(3)11-10-19(18)29(20)12-9-16-7-8-21(27-13-16)23(24,25)26/h4-8,13,15H,9-12,14H2,1-3H3. The predicted molar refractivity (Wildman–Crippen MR) is 109 cm³/mol. The molecule has 0 bridgehead atoms. The summed E-state index contributed by atoms with van der Waals surface area (Å²) < 4.78 is 40.6. The fraction of sp³-hybridized carbons (Fsp3) is 0.435. The first kappa shape index (κ1) is 20.0. The summed E-state index contributed by atoms with van der Waals surface area (Å²) in [4.78, 5) is 5.96. The number of likely N-dealkylation sites (N-methyl/N-ethyl adjacent to an activating group) is 1. The minimum Gasteiger partial charge on any atom is -0.344 e. The van der Waals surface area contributed by atoms with E-state index >= 15 is 0 Å². The van der Waals surface area contributed by atoms with Crippen LogP contribution in [0.3, 0.4) is 0 Å². The number of fused-ring (bicyclic) bond motifs is 3. The molecule has 1 aliphatic heterocycles. The summed E-state index contributed by atoms with van der Waals surface area (Å²) in [7, 11) is 2.15. The molecule has 1 aromatic carbocycles. The molecular weight excluding hydrogens is 375 g/mol. The third-order valence-electron chi connectivity index (χ3n) is 5.86. The van der Waals surface area contributed by atoms with Gasteiger partial charge in [0.1, 0.15) is 5.69 Å². The van der Waals surface area contributed by atoms with Crippen LogP contribution >= 0.6 is 0 Å². The van der Waals surface area contributed by atoms with E-state index in [2.05, 4.69) is 53.5 Å². The van der Waals surface area contributed by atoms with Crippen molar-refractivity contribution in [1.29, 1.82) is 0 Å². The van der Waals surface area contributed by atoms with Crippen LogP contribution in [-0.2, 0) is 32.1 Å². The maximum atomic E-state index is 12.8. The van der Waals surface area contributed by atoms with E-state index in [1.165, 1.54) is 33.9 Å².